The van der Waals surface area contributed by atoms with Gasteiger partial charge in [-0.1, -0.05) is 69.3 Å². The molecule has 1 aliphatic heterocycles. The normalized spacial score (nSPS) is 26.9. The van der Waals surface area contributed by atoms with E-state index in [1.54, 1.807) is 19.1 Å². The Morgan fingerprint density at radius 3 is 2.33 bits per heavy atom. The van der Waals surface area contributed by atoms with E-state index in [0.717, 1.165) is 28.8 Å². The number of carbonyl (C=O) groups is 2. The van der Waals surface area contributed by atoms with E-state index in [1.807, 2.05) is 105 Å². The van der Waals surface area contributed by atoms with Crippen LogP contribution >= 0.6 is 0 Å². The molecule has 2 amide bonds. The van der Waals surface area contributed by atoms with Gasteiger partial charge in [-0.2, -0.15) is 5.06 Å². The van der Waals surface area contributed by atoms with E-state index in [2.05, 4.69) is 31.4 Å². The molecule has 10 atom stereocenters. The molecule has 3 saturated carbocycles. The van der Waals surface area contributed by atoms with Crippen LogP contribution in [0.15, 0.2) is 66.7 Å². The number of rotatable bonds is 15. The summed E-state index contributed by atoms with van der Waals surface area (Å²) >= 11 is 0. The van der Waals surface area contributed by atoms with E-state index < -0.39 is 36.3 Å². The molecular formula is C45H63N5O7. The van der Waals surface area contributed by atoms with Crippen LogP contribution in [-0.4, -0.2) is 116 Å². The smallest absolute Gasteiger partial charge is 0.251 e. The number of para-hydroxylation sites is 1. The lowest BCUT2D eigenvalue weighted by atomic mass is 9.45. The highest BCUT2D eigenvalue weighted by Crippen LogP contribution is 2.61. The van der Waals surface area contributed by atoms with Gasteiger partial charge < -0.3 is 40.5 Å². The molecule has 57 heavy (non-hydrogen) atoms. The highest BCUT2D eigenvalue weighted by Gasteiger charge is 2.57. The lowest BCUT2D eigenvalue weighted by Gasteiger charge is -2.62. The molecule has 3 aromatic carbocycles. The molecule has 3 aliphatic carbocycles. The van der Waals surface area contributed by atoms with Crippen molar-refractivity contribution in [3.63, 3.8) is 0 Å². The first-order valence-corrected chi connectivity index (χ1v) is 20.3. The highest BCUT2D eigenvalue weighted by atomic mass is 16.7. The Hall–Kier alpha value is -4.04. The molecule has 2 unspecified atom stereocenters. The number of aliphatic hydroxyl groups excluding tert-OH is 3. The van der Waals surface area contributed by atoms with Crippen molar-refractivity contribution in [2.24, 2.45) is 29.1 Å². The highest BCUT2D eigenvalue weighted by molar-refractivity contribution is 5.97. The third-order valence-corrected chi connectivity index (χ3v) is 13.1. The minimum Gasteiger partial charge on any atom is -0.496 e. The molecule has 5 N–H and O–H groups in total. The second-order valence-electron chi connectivity index (χ2n) is 17.6. The lowest BCUT2D eigenvalue weighted by molar-refractivity contribution is -0.183. The summed E-state index contributed by atoms with van der Waals surface area (Å²) in [5, 5.41) is 40.7. The molecule has 1 heterocycles. The number of fused-ring (bicyclic) bond motifs is 2. The molecule has 3 aromatic rings. The first-order chi connectivity index (χ1) is 27.0. The van der Waals surface area contributed by atoms with Gasteiger partial charge in [0, 0.05) is 55.0 Å². The summed E-state index contributed by atoms with van der Waals surface area (Å²) in [5.41, 5.74) is 4.37. The predicted molar refractivity (Wildman–Crippen MR) is 222 cm³/mol. The number of amides is 2. The van der Waals surface area contributed by atoms with Gasteiger partial charge in [-0.05, 0) is 86.4 Å². The van der Waals surface area contributed by atoms with Crippen molar-refractivity contribution in [1.82, 2.24) is 20.6 Å². The fourth-order valence-corrected chi connectivity index (χ4v) is 9.74. The number of benzene rings is 3. The number of ether oxygens (including phenoxy) is 1. The number of carbonyl (C=O) groups excluding carboxylic acids is 2. The van der Waals surface area contributed by atoms with Crippen LogP contribution in [0.25, 0.3) is 11.1 Å². The molecule has 310 valence electrons. The molecule has 4 fully saturated rings. The van der Waals surface area contributed by atoms with Crippen molar-refractivity contribution in [3.8, 4) is 16.9 Å². The molecular weight excluding hydrogens is 723 g/mol. The molecule has 0 aromatic heterocycles. The van der Waals surface area contributed by atoms with Crippen molar-refractivity contribution in [2.75, 3.05) is 53.4 Å². The molecule has 4 aliphatic rings. The van der Waals surface area contributed by atoms with E-state index in [1.165, 1.54) is 6.42 Å². The monoisotopic (exact) mass is 785 g/mol. The zero-order chi connectivity index (χ0) is 41.3. The Bertz CT molecular complexity index is 1870. The summed E-state index contributed by atoms with van der Waals surface area (Å²) in [5.74, 6) is 0.742. The minimum absolute atomic E-state index is 0.0203. The van der Waals surface area contributed by atoms with Crippen molar-refractivity contribution in [2.45, 2.75) is 83.5 Å². The van der Waals surface area contributed by atoms with Crippen molar-refractivity contribution < 1.29 is 34.5 Å². The Labute approximate surface area is 338 Å². The van der Waals surface area contributed by atoms with E-state index in [9.17, 15) is 24.9 Å². The van der Waals surface area contributed by atoms with Gasteiger partial charge in [0.05, 0.1) is 32.4 Å². The predicted octanol–water partition coefficient (Wildman–Crippen LogP) is 4.48. The van der Waals surface area contributed by atoms with Crippen LogP contribution in [0.3, 0.4) is 0 Å². The summed E-state index contributed by atoms with van der Waals surface area (Å²) in [7, 11) is 9.21. The van der Waals surface area contributed by atoms with E-state index in [0.29, 0.717) is 41.2 Å². The maximum atomic E-state index is 14.3. The average molecular weight is 786 g/mol. The van der Waals surface area contributed by atoms with Gasteiger partial charge in [0.1, 0.15) is 24.0 Å². The Morgan fingerprint density at radius 1 is 1.02 bits per heavy atom. The first-order valence-electron chi connectivity index (χ1n) is 20.3. The minimum atomic E-state index is -0.924. The fourth-order valence-electron chi connectivity index (χ4n) is 9.74. The first kappa shape index (κ1) is 42.6. The number of hydroxylamine groups is 2. The summed E-state index contributed by atoms with van der Waals surface area (Å²) in [6.45, 7) is 8.72. The molecule has 12 nitrogen and oxygen atoms in total. The summed E-state index contributed by atoms with van der Waals surface area (Å²) in [4.78, 5) is 38.5. The Kier molecular flexibility index (Phi) is 13.0. The Balaban J connectivity index is 1.29. The molecule has 7 rings (SSSR count). The number of likely N-dealkylation sites (N-methyl/N-ethyl adjacent to an activating group) is 1. The number of nitrogens with one attached hydrogen (secondary N) is 2. The molecule has 12 heteroatoms. The van der Waals surface area contributed by atoms with Crippen molar-refractivity contribution in [1.29, 1.82) is 0 Å². The zero-order valence-electron chi connectivity index (χ0n) is 35.0. The SMILES string of the molecule is COc1c(CN2O[C@@H](CO)[C@@H]([C@H](C)O)[C@H]2C(=O)N[C@H]2C[C@H]3C[C@@H]([C@@H]2C)C3(C)C)cccc1-c1cc(C(=O)NC(CN(C)C)C(O)c2ccccc2)cc(N(C)C)c1. The van der Waals surface area contributed by atoms with E-state index >= 15 is 0 Å². The van der Waals surface area contributed by atoms with Crippen LogP contribution in [0, 0.1) is 29.1 Å². The Morgan fingerprint density at radius 2 is 1.74 bits per heavy atom. The maximum Gasteiger partial charge on any atom is 0.251 e. The van der Waals surface area contributed by atoms with Crippen molar-refractivity contribution >= 4 is 17.5 Å². The van der Waals surface area contributed by atoms with Crippen LogP contribution in [-0.2, 0) is 16.2 Å². The van der Waals surface area contributed by atoms with E-state index in [4.69, 9.17) is 9.57 Å². The molecule has 2 bridgehead atoms. The van der Waals surface area contributed by atoms with Gasteiger partial charge in [-0.3, -0.25) is 14.4 Å². The molecule has 0 spiro atoms. The number of methoxy groups -OCH3 is 1. The summed E-state index contributed by atoms with van der Waals surface area (Å²) in [6.07, 6.45) is -0.515. The summed E-state index contributed by atoms with van der Waals surface area (Å²) < 4.78 is 6.09. The van der Waals surface area contributed by atoms with Crippen LogP contribution in [0.4, 0.5) is 5.69 Å². The third-order valence-electron chi connectivity index (χ3n) is 13.1. The second kappa shape index (κ2) is 17.4. The van der Waals surface area contributed by atoms with Gasteiger partial charge in [-0.25, -0.2) is 0 Å². The lowest BCUT2D eigenvalue weighted by Crippen LogP contribution is -2.62. The number of anilines is 1. The third kappa shape index (κ3) is 8.72. The number of nitrogens with zero attached hydrogens (tertiary/aromatic N) is 3. The van der Waals surface area contributed by atoms with Gasteiger partial charge in [0.15, 0.2) is 0 Å². The van der Waals surface area contributed by atoms with Gasteiger partial charge in [0.25, 0.3) is 5.91 Å². The molecule has 0 radical (unpaired) electrons. The molecule has 1 saturated heterocycles. The van der Waals surface area contributed by atoms with Crippen LogP contribution < -0.4 is 20.3 Å². The van der Waals surface area contributed by atoms with Gasteiger partial charge in [-0.15, -0.1) is 0 Å². The van der Waals surface area contributed by atoms with Gasteiger partial charge >= 0.3 is 0 Å². The average Bonchev–Trinajstić information content (AvgIpc) is 3.56. The maximum absolute atomic E-state index is 14.3. The number of hydrogen-bond acceptors (Lipinski definition) is 10. The van der Waals surface area contributed by atoms with Crippen LogP contribution in [0.2, 0.25) is 0 Å². The summed E-state index contributed by atoms with van der Waals surface area (Å²) in [6, 6.07) is 19.2. The second-order valence-corrected chi connectivity index (χ2v) is 17.6. The quantitative estimate of drug-likeness (QED) is 0.150. The topological polar surface area (TPSA) is 147 Å². The number of aliphatic hydroxyl groups is 3. The van der Waals surface area contributed by atoms with Gasteiger partial charge in [0.2, 0.25) is 5.91 Å². The van der Waals surface area contributed by atoms with Crippen molar-refractivity contribution in [3.05, 3.63) is 83.4 Å². The van der Waals surface area contributed by atoms with Crippen LogP contribution in [0.5, 0.6) is 5.75 Å². The van der Waals surface area contributed by atoms with Crippen LogP contribution in [0.1, 0.15) is 68.1 Å². The van der Waals surface area contributed by atoms with E-state index in [-0.39, 0.29) is 36.4 Å². The standard InChI is InChI=1S/C45H63N5O7/c1-26-35-21-32(45(35,3)4)22-36(26)46-44(55)40-39(27(2)52)38(25-51)57-50(40)23-29-16-13-17-34(42(29)56-9)30-18-31(20-33(19-30)49(7)8)43(54)47-37(24-48(5)6)41(53)28-14-11-10-12-15-28/h10-20,26-27,32,35-41,51-53H,21-25H2,1-9H3,(H,46,55)(H,47,54)/t26-,27-,32+,35-,36-,37?,38-,39+,40-,41?/m0/s1. The zero-order valence-corrected chi connectivity index (χ0v) is 35.0. The number of hydrogen-bond donors (Lipinski definition) is 5. The largest absolute Gasteiger partial charge is 0.496 e. The fraction of sp³-hybridized carbons (Fsp3) is 0.556.